The summed E-state index contributed by atoms with van der Waals surface area (Å²) in [5, 5.41) is 1.02. The van der Waals surface area contributed by atoms with E-state index in [9.17, 15) is 4.79 Å². The van der Waals surface area contributed by atoms with Gasteiger partial charge in [0.15, 0.2) is 11.4 Å². The smallest absolute Gasteiger partial charge is 0.309 e. The van der Waals surface area contributed by atoms with Crippen LogP contribution in [0.25, 0.3) is 22.1 Å². The molecule has 1 aliphatic rings. The van der Waals surface area contributed by atoms with Gasteiger partial charge in [-0.2, -0.15) is 0 Å². The number of carbonyl (C=O) groups excluding carboxylic acids is 1. The number of benzene rings is 1. The number of aryl methyl sites for hydroxylation is 1. The minimum absolute atomic E-state index is 0.0233. The van der Waals surface area contributed by atoms with E-state index in [1.54, 1.807) is 0 Å². The van der Waals surface area contributed by atoms with Gasteiger partial charge in [0.1, 0.15) is 16.9 Å². The van der Waals surface area contributed by atoms with Crippen LogP contribution >= 0.6 is 0 Å². The van der Waals surface area contributed by atoms with E-state index in [4.69, 9.17) is 19.1 Å². The van der Waals surface area contributed by atoms with Crippen LogP contribution in [0.4, 0.5) is 5.82 Å². The number of nitrogens with zero attached hydrogens (tertiary/aromatic N) is 3. The van der Waals surface area contributed by atoms with Crippen molar-refractivity contribution in [1.82, 2.24) is 9.97 Å². The first-order valence-electron chi connectivity index (χ1n) is 9.31. The van der Waals surface area contributed by atoms with Crippen molar-refractivity contribution in [2.75, 3.05) is 24.6 Å². The number of ether oxygens (including phenoxy) is 1. The van der Waals surface area contributed by atoms with Crippen LogP contribution in [-0.4, -0.2) is 35.6 Å². The summed E-state index contributed by atoms with van der Waals surface area (Å²) in [6.45, 7) is 5.86. The fourth-order valence-electron chi connectivity index (χ4n) is 3.58. The van der Waals surface area contributed by atoms with E-state index < -0.39 is 0 Å². The molecule has 3 heterocycles. The Balaban J connectivity index is 1.69. The lowest BCUT2D eigenvalue weighted by molar-refractivity contribution is -0.148. The largest absolute Gasteiger partial charge is 0.466 e. The Morgan fingerprint density at radius 1 is 1.23 bits per heavy atom. The molecule has 3 aromatic rings. The maximum atomic E-state index is 12.0. The third-order valence-electron chi connectivity index (χ3n) is 4.98. The maximum absolute atomic E-state index is 12.0. The second kappa shape index (κ2) is 6.94. The van der Waals surface area contributed by atoms with Gasteiger partial charge in [-0.3, -0.25) is 4.79 Å². The predicted molar refractivity (Wildman–Crippen MR) is 100 cm³/mol. The van der Waals surface area contributed by atoms with Gasteiger partial charge < -0.3 is 14.1 Å². The minimum Gasteiger partial charge on any atom is -0.466 e. The molecule has 1 fully saturated rings. The highest BCUT2D eigenvalue weighted by molar-refractivity contribution is 6.05. The number of para-hydroxylation sites is 1. The van der Waals surface area contributed by atoms with Gasteiger partial charge >= 0.3 is 5.97 Å². The molecule has 4 rings (SSSR count). The van der Waals surface area contributed by atoms with Crippen LogP contribution in [0, 0.1) is 5.92 Å². The molecule has 0 amide bonds. The van der Waals surface area contributed by atoms with E-state index >= 15 is 0 Å². The monoisotopic (exact) mass is 353 g/mol. The zero-order valence-corrected chi connectivity index (χ0v) is 15.2. The molecule has 0 spiro atoms. The van der Waals surface area contributed by atoms with Gasteiger partial charge in [-0.15, -0.1) is 0 Å². The Morgan fingerprint density at radius 2 is 2.00 bits per heavy atom. The van der Waals surface area contributed by atoms with Crippen molar-refractivity contribution in [3.63, 3.8) is 0 Å². The molecule has 6 nitrogen and oxygen atoms in total. The van der Waals surface area contributed by atoms with Crippen molar-refractivity contribution in [3.8, 4) is 0 Å². The number of aromatic nitrogens is 2. The zero-order chi connectivity index (χ0) is 18.1. The zero-order valence-electron chi connectivity index (χ0n) is 15.2. The first-order chi connectivity index (χ1) is 12.7. The van der Waals surface area contributed by atoms with Crippen molar-refractivity contribution >= 4 is 33.9 Å². The summed E-state index contributed by atoms with van der Waals surface area (Å²) in [5.41, 5.74) is 2.43. The van der Waals surface area contributed by atoms with E-state index in [2.05, 4.69) is 11.8 Å². The first-order valence-corrected chi connectivity index (χ1v) is 9.31. The summed E-state index contributed by atoms with van der Waals surface area (Å²) < 4.78 is 11.3. The highest BCUT2D eigenvalue weighted by atomic mass is 16.5. The number of furan rings is 1. The number of anilines is 1. The topological polar surface area (TPSA) is 68.5 Å². The van der Waals surface area contributed by atoms with Crippen molar-refractivity contribution in [1.29, 1.82) is 0 Å². The summed E-state index contributed by atoms with van der Waals surface area (Å²) in [6.07, 6.45) is 2.31. The van der Waals surface area contributed by atoms with Crippen LogP contribution in [0.2, 0.25) is 0 Å². The lowest BCUT2D eigenvalue weighted by Crippen LogP contribution is -2.37. The van der Waals surface area contributed by atoms with Crippen molar-refractivity contribution in [2.45, 2.75) is 33.1 Å². The van der Waals surface area contributed by atoms with Crippen LogP contribution < -0.4 is 4.90 Å². The number of piperidine rings is 1. The summed E-state index contributed by atoms with van der Waals surface area (Å²) in [5.74, 6) is 1.54. The first kappa shape index (κ1) is 16.8. The fourth-order valence-corrected chi connectivity index (χ4v) is 3.58. The van der Waals surface area contributed by atoms with E-state index in [0.717, 1.165) is 66.1 Å². The lowest BCUT2D eigenvalue weighted by atomic mass is 9.97. The molecule has 6 heteroatoms. The molecule has 0 N–H and O–H groups in total. The molecule has 1 saturated heterocycles. The highest BCUT2D eigenvalue weighted by Gasteiger charge is 2.28. The quantitative estimate of drug-likeness (QED) is 0.666. The van der Waals surface area contributed by atoms with Crippen LogP contribution in [0.5, 0.6) is 0 Å². The normalized spacial score (nSPS) is 15.7. The number of carbonyl (C=O) groups is 1. The Morgan fingerprint density at radius 3 is 2.73 bits per heavy atom. The number of hydrogen-bond donors (Lipinski definition) is 0. The van der Waals surface area contributed by atoms with Gasteiger partial charge in [-0.05, 0) is 31.9 Å². The van der Waals surface area contributed by atoms with Crippen LogP contribution in [0.1, 0.15) is 32.5 Å². The number of fused-ring (bicyclic) bond motifs is 3. The maximum Gasteiger partial charge on any atom is 0.309 e. The number of rotatable bonds is 4. The van der Waals surface area contributed by atoms with E-state index in [0.29, 0.717) is 6.61 Å². The molecular weight excluding hydrogens is 330 g/mol. The van der Waals surface area contributed by atoms with Gasteiger partial charge in [0, 0.05) is 24.9 Å². The Labute approximate surface area is 152 Å². The van der Waals surface area contributed by atoms with E-state index in [1.807, 2.05) is 31.2 Å². The molecular formula is C20H23N3O3. The molecule has 0 atom stereocenters. The standard InChI is InChI=1S/C20H23N3O3/c1-3-16-21-17-14-7-5-6-8-15(14)26-18(17)19(22-16)23-11-9-13(10-12-23)20(24)25-4-2/h5-8,13H,3-4,9-12H2,1-2H3. The van der Waals surface area contributed by atoms with Gasteiger partial charge in [-0.25, -0.2) is 9.97 Å². The molecule has 0 saturated carbocycles. The Hall–Kier alpha value is -2.63. The molecule has 0 aliphatic carbocycles. The molecule has 2 aromatic heterocycles. The number of esters is 1. The minimum atomic E-state index is -0.0852. The van der Waals surface area contributed by atoms with E-state index in [-0.39, 0.29) is 11.9 Å². The number of hydrogen-bond acceptors (Lipinski definition) is 6. The van der Waals surface area contributed by atoms with Crippen LogP contribution in [0.15, 0.2) is 28.7 Å². The van der Waals surface area contributed by atoms with Crippen molar-refractivity contribution in [3.05, 3.63) is 30.1 Å². The third-order valence-corrected chi connectivity index (χ3v) is 4.98. The SMILES string of the molecule is CCOC(=O)C1CCN(c2nc(CC)nc3c2oc2ccccc23)CC1. The van der Waals surface area contributed by atoms with Crippen molar-refractivity contribution < 1.29 is 13.9 Å². The van der Waals surface area contributed by atoms with Crippen LogP contribution in [0.3, 0.4) is 0 Å². The highest BCUT2D eigenvalue weighted by Crippen LogP contribution is 2.34. The average molecular weight is 353 g/mol. The molecule has 0 unspecified atom stereocenters. The lowest BCUT2D eigenvalue weighted by Gasteiger charge is -2.31. The molecule has 136 valence electrons. The second-order valence-electron chi connectivity index (χ2n) is 6.61. The van der Waals surface area contributed by atoms with Gasteiger partial charge in [0.05, 0.1) is 12.5 Å². The molecule has 1 aromatic carbocycles. The summed E-state index contributed by atoms with van der Waals surface area (Å²) in [7, 11) is 0. The van der Waals surface area contributed by atoms with Gasteiger partial charge in [0.25, 0.3) is 0 Å². The third kappa shape index (κ3) is 2.89. The van der Waals surface area contributed by atoms with Crippen molar-refractivity contribution in [2.24, 2.45) is 5.92 Å². The molecule has 26 heavy (non-hydrogen) atoms. The summed E-state index contributed by atoms with van der Waals surface area (Å²) >= 11 is 0. The van der Waals surface area contributed by atoms with Gasteiger partial charge in [-0.1, -0.05) is 19.1 Å². The summed E-state index contributed by atoms with van der Waals surface area (Å²) in [4.78, 5) is 23.6. The Bertz CT molecular complexity index is 942. The molecule has 1 aliphatic heterocycles. The van der Waals surface area contributed by atoms with Gasteiger partial charge in [0.2, 0.25) is 0 Å². The average Bonchev–Trinajstić information content (AvgIpc) is 3.06. The molecule has 0 radical (unpaired) electrons. The van der Waals surface area contributed by atoms with E-state index in [1.165, 1.54) is 0 Å². The Kier molecular flexibility index (Phi) is 4.49. The predicted octanol–water partition coefficient (Wildman–Crippen LogP) is 3.72. The van der Waals surface area contributed by atoms with Crippen LogP contribution in [-0.2, 0) is 16.0 Å². The molecule has 0 bridgehead atoms. The summed E-state index contributed by atoms with van der Waals surface area (Å²) in [6, 6.07) is 7.95. The second-order valence-corrected chi connectivity index (χ2v) is 6.61. The fraction of sp³-hybridized carbons (Fsp3) is 0.450.